The van der Waals surface area contributed by atoms with Crippen LogP contribution in [0.15, 0.2) is 59.8 Å². The van der Waals surface area contributed by atoms with Crippen LogP contribution in [-0.4, -0.2) is 22.3 Å². The van der Waals surface area contributed by atoms with Crippen molar-refractivity contribution in [2.45, 2.75) is 45.6 Å². The van der Waals surface area contributed by atoms with Crippen molar-refractivity contribution in [1.29, 1.82) is 0 Å². The van der Waals surface area contributed by atoms with Gasteiger partial charge in [0.1, 0.15) is 11.6 Å². The second-order valence-corrected chi connectivity index (χ2v) is 8.06. The maximum Gasteiger partial charge on any atom is 0.158 e. The Morgan fingerprint density at radius 2 is 1.72 bits per heavy atom. The Morgan fingerprint density at radius 3 is 2.28 bits per heavy atom. The lowest BCUT2D eigenvalue weighted by molar-refractivity contribution is -0.131. The lowest BCUT2D eigenvalue weighted by Gasteiger charge is -2.43. The van der Waals surface area contributed by atoms with Gasteiger partial charge in [0.05, 0.1) is 11.5 Å². The van der Waals surface area contributed by atoms with Crippen LogP contribution in [0.2, 0.25) is 0 Å². The predicted molar refractivity (Wildman–Crippen MR) is 111 cm³/mol. The number of nitrogens with one attached hydrogen (secondary N) is 1. The minimum atomic E-state index is -1.44. The molecule has 1 aliphatic rings. The minimum absolute atomic E-state index is 0.0883. The van der Waals surface area contributed by atoms with Gasteiger partial charge in [0.15, 0.2) is 5.78 Å². The summed E-state index contributed by atoms with van der Waals surface area (Å²) in [5.74, 6) is -2.84. The zero-order chi connectivity index (χ0) is 21.3. The van der Waals surface area contributed by atoms with E-state index >= 15 is 0 Å². The van der Waals surface area contributed by atoms with Crippen LogP contribution in [0.5, 0.6) is 0 Å². The normalized spacial score (nSPS) is 24.3. The summed E-state index contributed by atoms with van der Waals surface area (Å²) in [5, 5.41) is 14.4. The standard InChI is InChI=1S/C24H26FNO3/c1-14-9-11-17(12-10-14)26-20-13-24(4,29)23(16(3)28)22(21(20)15(2)27)18-7-5-6-8-19(18)25/h5-12,22-23,26,29H,13H2,1-4H3/t22-,23-,24+/m1/s1. The molecule has 2 N–H and O–H groups in total. The maximum atomic E-state index is 14.8. The van der Waals surface area contributed by atoms with Crippen LogP contribution in [0, 0.1) is 18.7 Å². The molecule has 0 heterocycles. The monoisotopic (exact) mass is 395 g/mol. The lowest BCUT2D eigenvalue weighted by atomic mass is 9.63. The largest absolute Gasteiger partial charge is 0.389 e. The van der Waals surface area contributed by atoms with Crippen molar-refractivity contribution >= 4 is 17.3 Å². The van der Waals surface area contributed by atoms with Crippen molar-refractivity contribution in [2.75, 3.05) is 5.32 Å². The number of allylic oxidation sites excluding steroid dienone is 1. The molecular weight excluding hydrogens is 369 g/mol. The highest BCUT2D eigenvalue weighted by molar-refractivity contribution is 5.98. The van der Waals surface area contributed by atoms with Gasteiger partial charge in [-0.15, -0.1) is 0 Å². The second-order valence-electron chi connectivity index (χ2n) is 8.06. The van der Waals surface area contributed by atoms with Crippen molar-refractivity contribution in [3.05, 3.63) is 76.7 Å². The molecule has 0 amide bonds. The summed E-state index contributed by atoms with van der Waals surface area (Å²) >= 11 is 0. The third-order valence-corrected chi connectivity index (χ3v) is 5.58. The van der Waals surface area contributed by atoms with E-state index in [9.17, 15) is 19.1 Å². The van der Waals surface area contributed by atoms with Gasteiger partial charge in [-0.3, -0.25) is 9.59 Å². The Hall–Kier alpha value is -2.79. The highest BCUT2D eigenvalue weighted by atomic mass is 19.1. The zero-order valence-corrected chi connectivity index (χ0v) is 17.1. The molecule has 5 heteroatoms. The Bertz CT molecular complexity index is 976. The van der Waals surface area contributed by atoms with E-state index in [1.54, 1.807) is 25.1 Å². The third-order valence-electron chi connectivity index (χ3n) is 5.58. The molecule has 4 nitrogen and oxygen atoms in total. The van der Waals surface area contributed by atoms with E-state index in [1.807, 2.05) is 31.2 Å². The van der Waals surface area contributed by atoms with E-state index in [2.05, 4.69) is 5.32 Å². The number of carbonyl (C=O) groups excluding carboxylic acids is 2. The van der Waals surface area contributed by atoms with Crippen molar-refractivity contribution < 1.29 is 19.1 Å². The number of hydrogen-bond acceptors (Lipinski definition) is 4. The average molecular weight is 395 g/mol. The molecular formula is C24H26FNO3. The molecule has 0 saturated carbocycles. The molecule has 1 aliphatic carbocycles. The number of aryl methyl sites for hydroxylation is 1. The molecule has 0 spiro atoms. The highest BCUT2D eigenvalue weighted by Gasteiger charge is 2.49. The van der Waals surface area contributed by atoms with Crippen LogP contribution < -0.4 is 5.32 Å². The number of rotatable bonds is 5. The molecule has 0 bridgehead atoms. The van der Waals surface area contributed by atoms with Crippen molar-refractivity contribution in [1.82, 2.24) is 0 Å². The van der Waals surface area contributed by atoms with E-state index in [4.69, 9.17) is 0 Å². The molecule has 0 radical (unpaired) electrons. The van der Waals surface area contributed by atoms with Gasteiger partial charge in [0, 0.05) is 29.3 Å². The van der Waals surface area contributed by atoms with Crippen LogP contribution >= 0.6 is 0 Å². The number of anilines is 1. The van der Waals surface area contributed by atoms with Gasteiger partial charge < -0.3 is 10.4 Å². The minimum Gasteiger partial charge on any atom is -0.389 e. The summed E-state index contributed by atoms with van der Waals surface area (Å²) in [7, 11) is 0. The highest BCUT2D eigenvalue weighted by Crippen LogP contribution is 2.48. The second kappa shape index (κ2) is 7.91. The van der Waals surface area contributed by atoms with Crippen LogP contribution in [0.25, 0.3) is 0 Å². The Kier molecular flexibility index (Phi) is 5.71. The molecule has 0 unspecified atom stereocenters. The van der Waals surface area contributed by atoms with E-state index in [1.165, 1.54) is 19.9 Å². The quantitative estimate of drug-likeness (QED) is 0.780. The lowest BCUT2D eigenvalue weighted by Crippen LogP contribution is -2.48. The number of benzene rings is 2. The van der Waals surface area contributed by atoms with Gasteiger partial charge in [-0.25, -0.2) is 4.39 Å². The zero-order valence-electron chi connectivity index (χ0n) is 17.1. The Labute approximate surface area is 170 Å². The SMILES string of the molecule is CC(=O)C1=C(Nc2ccc(C)cc2)C[C@](C)(O)[C@H](C(C)=O)[C@@H]1c1ccccc1F. The fraction of sp³-hybridized carbons (Fsp3) is 0.333. The molecule has 0 fully saturated rings. The summed E-state index contributed by atoms with van der Waals surface area (Å²) < 4.78 is 14.8. The first kappa shape index (κ1) is 20.9. The van der Waals surface area contributed by atoms with Crippen molar-refractivity contribution in [3.63, 3.8) is 0 Å². The summed E-state index contributed by atoms with van der Waals surface area (Å²) in [6.07, 6.45) is 0.0883. The predicted octanol–water partition coefficient (Wildman–Crippen LogP) is 4.53. The Morgan fingerprint density at radius 1 is 1.10 bits per heavy atom. The molecule has 0 aliphatic heterocycles. The first-order valence-corrected chi connectivity index (χ1v) is 9.66. The first-order valence-electron chi connectivity index (χ1n) is 9.66. The fourth-order valence-electron chi connectivity index (χ4n) is 4.37. The first-order chi connectivity index (χ1) is 13.6. The number of ketones is 2. The van der Waals surface area contributed by atoms with Crippen molar-refractivity contribution in [2.24, 2.45) is 5.92 Å². The summed E-state index contributed by atoms with van der Waals surface area (Å²) in [6, 6.07) is 13.7. The van der Waals surface area contributed by atoms with Gasteiger partial charge in [-0.05, 0) is 51.5 Å². The summed E-state index contributed by atoms with van der Waals surface area (Å²) in [6.45, 7) is 6.34. The van der Waals surface area contributed by atoms with Crippen molar-refractivity contribution in [3.8, 4) is 0 Å². The summed E-state index contributed by atoms with van der Waals surface area (Å²) in [5.41, 5.74) is 1.49. The third kappa shape index (κ3) is 4.15. The number of aliphatic hydroxyl groups is 1. The van der Waals surface area contributed by atoms with Crippen LogP contribution in [0.4, 0.5) is 10.1 Å². The number of halogens is 1. The molecule has 2 aromatic carbocycles. The topological polar surface area (TPSA) is 66.4 Å². The van der Waals surface area contributed by atoms with E-state index in [0.29, 0.717) is 11.3 Å². The fourth-order valence-corrected chi connectivity index (χ4v) is 4.37. The average Bonchev–Trinajstić information content (AvgIpc) is 2.62. The van der Waals surface area contributed by atoms with Crippen LogP contribution in [0.1, 0.15) is 44.2 Å². The molecule has 0 aromatic heterocycles. The molecule has 0 saturated heterocycles. The molecule has 3 atom stereocenters. The molecule has 152 valence electrons. The smallest absolute Gasteiger partial charge is 0.158 e. The van der Waals surface area contributed by atoms with Gasteiger partial charge in [0.25, 0.3) is 0 Å². The number of hydrogen-bond donors (Lipinski definition) is 2. The number of Topliss-reactive ketones (excluding diaryl/α,β-unsaturated/α-hetero) is 2. The molecule has 2 aromatic rings. The van der Waals surface area contributed by atoms with Crippen LogP contribution in [-0.2, 0) is 9.59 Å². The van der Waals surface area contributed by atoms with Gasteiger partial charge >= 0.3 is 0 Å². The van der Waals surface area contributed by atoms with E-state index < -0.39 is 23.3 Å². The van der Waals surface area contributed by atoms with Gasteiger partial charge in [-0.2, -0.15) is 0 Å². The van der Waals surface area contributed by atoms with E-state index in [-0.39, 0.29) is 23.6 Å². The van der Waals surface area contributed by atoms with Crippen LogP contribution in [0.3, 0.4) is 0 Å². The summed E-state index contributed by atoms with van der Waals surface area (Å²) in [4.78, 5) is 25.3. The van der Waals surface area contributed by atoms with Gasteiger partial charge in [0.2, 0.25) is 0 Å². The van der Waals surface area contributed by atoms with Gasteiger partial charge in [-0.1, -0.05) is 35.9 Å². The number of carbonyl (C=O) groups is 2. The maximum absolute atomic E-state index is 14.8. The molecule has 3 rings (SSSR count). The molecule has 29 heavy (non-hydrogen) atoms. The Balaban J connectivity index is 2.23. The van der Waals surface area contributed by atoms with E-state index in [0.717, 1.165) is 11.3 Å².